The molecule has 0 saturated heterocycles. The van der Waals surface area contributed by atoms with Crippen LogP contribution in [0.5, 0.6) is 0 Å². The molecule has 0 bridgehead atoms. The van der Waals surface area contributed by atoms with Crippen molar-refractivity contribution in [1.82, 2.24) is 0 Å². The van der Waals surface area contributed by atoms with E-state index in [4.69, 9.17) is 0 Å². The Hall–Kier alpha value is -3.32. The van der Waals surface area contributed by atoms with Crippen LogP contribution in [0.1, 0.15) is 12.0 Å². The summed E-state index contributed by atoms with van der Waals surface area (Å²) in [6.07, 6.45) is 0.00583. The van der Waals surface area contributed by atoms with Gasteiger partial charge in [0.05, 0.1) is 23.5 Å². The second kappa shape index (κ2) is 8.59. The quantitative estimate of drug-likeness (QED) is 0.583. The highest BCUT2D eigenvalue weighted by atomic mass is 79.9. The molecular formula is C23H17BrFN3O2. The predicted octanol–water partition coefficient (Wildman–Crippen LogP) is 5.08. The van der Waals surface area contributed by atoms with E-state index in [1.165, 1.54) is 17.0 Å². The first-order valence-corrected chi connectivity index (χ1v) is 10.1. The van der Waals surface area contributed by atoms with E-state index < -0.39 is 0 Å². The lowest BCUT2D eigenvalue weighted by molar-refractivity contribution is -0.120. The molecule has 7 heteroatoms. The molecule has 0 aromatic heterocycles. The van der Waals surface area contributed by atoms with E-state index in [1.54, 1.807) is 42.5 Å². The maximum atomic E-state index is 13.3. The molecule has 150 valence electrons. The van der Waals surface area contributed by atoms with Crippen LogP contribution in [0.3, 0.4) is 0 Å². The minimum atomic E-state index is -0.356. The second-order valence-corrected chi connectivity index (χ2v) is 7.68. The number of hydrogen-bond donors (Lipinski definition) is 1. The van der Waals surface area contributed by atoms with Crippen LogP contribution in [0, 0.1) is 5.82 Å². The van der Waals surface area contributed by atoms with Crippen molar-refractivity contribution in [1.29, 1.82) is 0 Å². The molecule has 1 aliphatic rings. The summed E-state index contributed by atoms with van der Waals surface area (Å²) in [6.45, 7) is -0.141. The summed E-state index contributed by atoms with van der Waals surface area (Å²) in [5.41, 5.74) is 2.98. The van der Waals surface area contributed by atoms with Gasteiger partial charge >= 0.3 is 0 Å². The molecule has 0 fully saturated rings. The summed E-state index contributed by atoms with van der Waals surface area (Å²) in [4.78, 5) is 31.7. The number of halogens is 2. The number of nitrogens with zero attached hydrogens (tertiary/aromatic N) is 2. The van der Waals surface area contributed by atoms with Gasteiger partial charge in [-0.3, -0.25) is 14.6 Å². The first-order valence-electron chi connectivity index (χ1n) is 9.28. The zero-order chi connectivity index (χ0) is 21.1. The molecule has 0 aliphatic carbocycles. The molecule has 5 nitrogen and oxygen atoms in total. The number of rotatable bonds is 4. The van der Waals surface area contributed by atoms with Crippen LogP contribution in [0.15, 0.2) is 82.3 Å². The molecule has 30 heavy (non-hydrogen) atoms. The average molecular weight is 466 g/mol. The summed E-state index contributed by atoms with van der Waals surface area (Å²) in [5, 5.41) is 2.80. The van der Waals surface area contributed by atoms with Crippen molar-refractivity contribution < 1.29 is 14.0 Å². The van der Waals surface area contributed by atoms with Crippen LogP contribution in [0.25, 0.3) is 0 Å². The third kappa shape index (κ3) is 4.46. The maximum absolute atomic E-state index is 13.3. The van der Waals surface area contributed by atoms with Crippen LogP contribution in [0.2, 0.25) is 0 Å². The van der Waals surface area contributed by atoms with E-state index >= 15 is 0 Å². The highest BCUT2D eigenvalue weighted by Gasteiger charge is 2.26. The summed E-state index contributed by atoms with van der Waals surface area (Å²) in [7, 11) is 0. The van der Waals surface area contributed by atoms with Crippen molar-refractivity contribution >= 4 is 50.5 Å². The zero-order valence-corrected chi connectivity index (χ0v) is 17.4. The Balaban J connectivity index is 1.60. The van der Waals surface area contributed by atoms with E-state index in [2.05, 4.69) is 26.2 Å². The second-order valence-electron chi connectivity index (χ2n) is 6.77. The lowest BCUT2D eigenvalue weighted by Crippen LogP contribution is -2.38. The normalized spacial score (nSPS) is 13.3. The van der Waals surface area contributed by atoms with Gasteiger partial charge in [0.2, 0.25) is 11.8 Å². The Bertz CT molecular complexity index is 1130. The van der Waals surface area contributed by atoms with Gasteiger partial charge in [-0.25, -0.2) is 4.39 Å². The van der Waals surface area contributed by atoms with Gasteiger partial charge in [-0.2, -0.15) is 0 Å². The molecule has 0 radical (unpaired) electrons. The molecule has 3 aromatic rings. The molecule has 1 aliphatic heterocycles. The number of anilines is 2. The van der Waals surface area contributed by atoms with Gasteiger partial charge in [-0.15, -0.1) is 0 Å². The van der Waals surface area contributed by atoms with Gasteiger partial charge in [0, 0.05) is 10.2 Å². The Morgan fingerprint density at radius 2 is 1.73 bits per heavy atom. The first kappa shape index (κ1) is 20.0. The monoisotopic (exact) mass is 465 g/mol. The molecule has 3 aromatic carbocycles. The van der Waals surface area contributed by atoms with Crippen LogP contribution >= 0.6 is 15.9 Å². The molecule has 1 heterocycles. The number of fused-ring (bicyclic) bond motifs is 1. The van der Waals surface area contributed by atoms with Crippen molar-refractivity contribution in [3.8, 4) is 0 Å². The fraction of sp³-hybridized carbons (Fsp3) is 0.0870. The molecule has 1 N–H and O–H groups in total. The lowest BCUT2D eigenvalue weighted by Gasteiger charge is -2.22. The number of aliphatic imine (C=N–C) groups is 1. The highest BCUT2D eigenvalue weighted by molar-refractivity contribution is 9.10. The van der Waals surface area contributed by atoms with Crippen molar-refractivity contribution in [2.75, 3.05) is 16.8 Å². The summed E-state index contributed by atoms with van der Waals surface area (Å²) >= 11 is 3.36. The smallest absolute Gasteiger partial charge is 0.244 e. The molecule has 2 amide bonds. The van der Waals surface area contributed by atoms with Crippen LogP contribution < -0.4 is 10.2 Å². The van der Waals surface area contributed by atoms with E-state index in [9.17, 15) is 14.0 Å². The third-order valence-corrected chi connectivity index (χ3v) is 5.18. The van der Waals surface area contributed by atoms with E-state index in [0.717, 1.165) is 4.47 Å². The van der Waals surface area contributed by atoms with Gasteiger partial charge < -0.3 is 10.2 Å². The third-order valence-electron chi connectivity index (χ3n) is 4.65. The number of para-hydroxylation sites is 2. The number of amides is 2. The van der Waals surface area contributed by atoms with Crippen LogP contribution in [0.4, 0.5) is 21.5 Å². The fourth-order valence-corrected chi connectivity index (χ4v) is 3.47. The predicted molar refractivity (Wildman–Crippen MR) is 119 cm³/mol. The van der Waals surface area contributed by atoms with Crippen molar-refractivity contribution in [3.63, 3.8) is 0 Å². The summed E-state index contributed by atoms with van der Waals surface area (Å²) in [6, 6.07) is 20.2. The van der Waals surface area contributed by atoms with Crippen molar-refractivity contribution in [3.05, 3.63) is 88.6 Å². The number of benzene rings is 3. The van der Waals surface area contributed by atoms with E-state index in [0.29, 0.717) is 28.3 Å². The number of hydrogen-bond acceptors (Lipinski definition) is 3. The standard InChI is InChI=1S/C23H17BrFN3O2/c24-16-7-11-18(12-8-16)26-22(29)14-28-21-4-2-1-3-19(21)27-20(13-23(28)30)15-5-9-17(25)10-6-15/h1-12H,13-14H2,(H,26,29). The molecular weight excluding hydrogens is 449 g/mol. The Kier molecular flexibility index (Phi) is 5.72. The zero-order valence-electron chi connectivity index (χ0n) is 15.8. The molecule has 4 rings (SSSR count). The van der Waals surface area contributed by atoms with Crippen LogP contribution in [-0.4, -0.2) is 24.1 Å². The van der Waals surface area contributed by atoms with Gasteiger partial charge in [0.1, 0.15) is 12.4 Å². The minimum Gasteiger partial charge on any atom is -0.325 e. The maximum Gasteiger partial charge on any atom is 0.244 e. The summed E-state index contributed by atoms with van der Waals surface area (Å²) in [5.74, 6) is -0.925. The SMILES string of the molecule is O=C(CN1C(=O)CC(c2ccc(F)cc2)=Nc2ccccc21)Nc1ccc(Br)cc1. The highest BCUT2D eigenvalue weighted by Crippen LogP contribution is 2.32. The van der Waals surface area contributed by atoms with Crippen molar-refractivity contribution in [2.24, 2.45) is 4.99 Å². The topological polar surface area (TPSA) is 61.8 Å². The molecule has 0 saturated carbocycles. The van der Waals surface area contributed by atoms with Gasteiger partial charge in [0.25, 0.3) is 0 Å². The molecule has 0 atom stereocenters. The fourth-order valence-electron chi connectivity index (χ4n) is 3.20. The summed E-state index contributed by atoms with van der Waals surface area (Å²) < 4.78 is 14.2. The Morgan fingerprint density at radius 3 is 2.47 bits per heavy atom. The number of nitrogens with one attached hydrogen (secondary N) is 1. The molecule has 0 spiro atoms. The Labute approximate surface area is 181 Å². The van der Waals surface area contributed by atoms with Gasteiger partial charge in [0.15, 0.2) is 0 Å². The van der Waals surface area contributed by atoms with Gasteiger partial charge in [-0.05, 0) is 54.1 Å². The molecule has 0 unspecified atom stereocenters. The van der Waals surface area contributed by atoms with E-state index in [1.807, 2.05) is 18.2 Å². The van der Waals surface area contributed by atoms with Crippen LogP contribution in [-0.2, 0) is 9.59 Å². The number of carbonyl (C=O) groups is 2. The minimum absolute atomic E-state index is 0.00583. The van der Waals surface area contributed by atoms with Crippen molar-refractivity contribution in [2.45, 2.75) is 6.42 Å². The first-order chi connectivity index (χ1) is 14.5. The van der Waals surface area contributed by atoms with E-state index in [-0.39, 0.29) is 30.6 Å². The number of carbonyl (C=O) groups excluding carboxylic acids is 2. The lowest BCUT2D eigenvalue weighted by atomic mass is 10.1. The average Bonchev–Trinajstić information content (AvgIpc) is 2.87. The largest absolute Gasteiger partial charge is 0.325 e. The Morgan fingerprint density at radius 1 is 1.03 bits per heavy atom. The van der Waals surface area contributed by atoms with Gasteiger partial charge in [-0.1, -0.05) is 40.2 Å².